The van der Waals surface area contributed by atoms with Gasteiger partial charge in [-0.3, -0.25) is 4.99 Å². The molecule has 0 amide bonds. The number of ether oxygens (including phenoxy) is 1. The Bertz CT molecular complexity index is 1960. The molecule has 9 rings (SSSR count). The molecule has 3 aliphatic heterocycles. The zero-order valence-electron chi connectivity index (χ0n) is 24.1. The first-order chi connectivity index (χ1) is 21.8. The van der Waals surface area contributed by atoms with Crippen molar-refractivity contribution in [3.63, 3.8) is 0 Å². The van der Waals surface area contributed by atoms with Crippen molar-refractivity contribution in [1.82, 2.24) is 5.32 Å². The van der Waals surface area contributed by atoms with Crippen LogP contribution in [0.1, 0.15) is 45.7 Å². The molecule has 5 aromatic carbocycles. The van der Waals surface area contributed by atoms with Gasteiger partial charge in [0.2, 0.25) is 0 Å². The van der Waals surface area contributed by atoms with Crippen molar-refractivity contribution in [2.75, 3.05) is 4.90 Å². The third kappa shape index (κ3) is 4.02. The maximum Gasteiger partial charge on any atom is 0.133 e. The fraction of sp³-hybridized carbons (Fsp3) is 0.125. The van der Waals surface area contributed by atoms with Crippen molar-refractivity contribution >= 4 is 22.9 Å². The Balaban J connectivity index is 1.13. The predicted octanol–water partition coefficient (Wildman–Crippen LogP) is 8.54. The van der Waals surface area contributed by atoms with Gasteiger partial charge in [-0.15, -0.1) is 0 Å². The van der Waals surface area contributed by atoms with Gasteiger partial charge in [0.25, 0.3) is 0 Å². The van der Waals surface area contributed by atoms with Crippen LogP contribution in [-0.4, -0.2) is 18.0 Å². The van der Waals surface area contributed by atoms with Crippen LogP contribution in [-0.2, 0) is 0 Å². The van der Waals surface area contributed by atoms with E-state index in [4.69, 9.17) is 9.73 Å². The molecule has 1 aliphatic carbocycles. The van der Waals surface area contributed by atoms with Gasteiger partial charge in [0.15, 0.2) is 0 Å². The van der Waals surface area contributed by atoms with Crippen LogP contribution >= 0.6 is 0 Å². The summed E-state index contributed by atoms with van der Waals surface area (Å²) in [5, 5.41) is 3.68. The van der Waals surface area contributed by atoms with Gasteiger partial charge in [-0.1, -0.05) is 121 Å². The molecule has 0 saturated carbocycles. The molecule has 0 radical (unpaired) electrons. The summed E-state index contributed by atoms with van der Waals surface area (Å²) < 4.78 is 6.75. The molecule has 0 bridgehead atoms. The molecule has 4 nitrogen and oxygen atoms in total. The number of hydrogen-bond acceptors (Lipinski definition) is 4. The van der Waals surface area contributed by atoms with E-state index in [1.165, 1.54) is 28.1 Å². The Morgan fingerprint density at radius 1 is 0.636 bits per heavy atom. The van der Waals surface area contributed by atoms with Gasteiger partial charge in [-0.05, 0) is 47.0 Å². The van der Waals surface area contributed by atoms with Gasteiger partial charge in [-0.2, -0.15) is 0 Å². The van der Waals surface area contributed by atoms with E-state index in [1.54, 1.807) is 0 Å². The largest absolute Gasteiger partial charge is 0.487 e. The van der Waals surface area contributed by atoms with E-state index in [-0.39, 0.29) is 30.0 Å². The zero-order valence-corrected chi connectivity index (χ0v) is 24.1. The van der Waals surface area contributed by atoms with Crippen molar-refractivity contribution < 1.29 is 4.74 Å². The molecule has 0 aromatic heterocycles. The van der Waals surface area contributed by atoms with Gasteiger partial charge in [0.05, 0.1) is 12.1 Å². The number of anilines is 2. The van der Waals surface area contributed by atoms with Crippen molar-refractivity contribution in [3.05, 3.63) is 180 Å². The summed E-state index contributed by atoms with van der Waals surface area (Å²) in [4.78, 5) is 7.66. The van der Waals surface area contributed by atoms with Crippen molar-refractivity contribution in [2.45, 2.75) is 30.0 Å². The number of fused-ring (bicyclic) bond motifs is 7. The minimum Gasteiger partial charge on any atom is -0.487 e. The Labute approximate surface area is 257 Å². The number of nitrogens with zero attached hydrogens (tertiary/aromatic N) is 2. The number of rotatable bonds is 4. The standard InChI is InChI=1S/C40H31N3O/c1-3-12-26(13-4-1)34-25-35(42-40(41-34)27-14-5-2-6-15-27)28-16-11-17-29(24-28)43-36-20-9-7-18-30(36)32-22-23-33-31-19-8-10-21-37(31)44-39(33)38(32)43/h1-25,32-34,38-39H,(H,41,42). The molecule has 1 N–H and O–H groups in total. The lowest BCUT2D eigenvalue weighted by Crippen LogP contribution is -2.46. The lowest BCUT2D eigenvalue weighted by molar-refractivity contribution is 0.176. The van der Waals surface area contributed by atoms with E-state index >= 15 is 0 Å². The number of nitrogens with one attached hydrogen (secondary N) is 1. The van der Waals surface area contributed by atoms with Crippen molar-refractivity contribution in [2.24, 2.45) is 4.99 Å². The summed E-state index contributed by atoms with van der Waals surface area (Å²) in [7, 11) is 0. The molecule has 5 unspecified atom stereocenters. The summed E-state index contributed by atoms with van der Waals surface area (Å²) >= 11 is 0. The highest BCUT2D eigenvalue weighted by molar-refractivity contribution is 6.05. The molecular formula is C40H31N3O. The van der Waals surface area contributed by atoms with E-state index in [0.717, 1.165) is 28.4 Å². The van der Waals surface area contributed by atoms with Crippen molar-refractivity contribution in [3.8, 4) is 5.75 Å². The highest BCUT2D eigenvalue weighted by atomic mass is 16.5. The molecule has 212 valence electrons. The predicted molar refractivity (Wildman–Crippen MR) is 178 cm³/mol. The molecule has 0 saturated heterocycles. The number of aliphatic imine (C=N–C) groups is 1. The van der Waals surface area contributed by atoms with E-state index in [2.05, 4.69) is 156 Å². The molecular weight excluding hydrogens is 538 g/mol. The molecule has 3 heterocycles. The first kappa shape index (κ1) is 25.2. The number of hydrogen-bond donors (Lipinski definition) is 1. The highest BCUT2D eigenvalue weighted by Crippen LogP contribution is 2.55. The Kier molecular flexibility index (Phi) is 5.80. The first-order valence-corrected chi connectivity index (χ1v) is 15.4. The number of amidine groups is 1. The Morgan fingerprint density at radius 3 is 2.20 bits per heavy atom. The fourth-order valence-electron chi connectivity index (χ4n) is 7.46. The number of para-hydroxylation sites is 2. The van der Waals surface area contributed by atoms with Crippen LogP contribution in [0.25, 0.3) is 5.70 Å². The van der Waals surface area contributed by atoms with Crippen LogP contribution in [0.15, 0.2) is 157 Å². The Morgan fingerprint density at radius 2 is 1.34 bits per heavy atom. The number of benzene rings is 5. The van der Waals surface area contributed by atoms with Crippen LogP contribution in [0, 0.1) is 0 Å². The van der Waals surface area contributed by atoms with E-state index < -0.39 is 0 Å². The van der Waals surface area contributed by atoms with Crippen molar-refractivity contribution in [1.29, 1.82) is 0 Å². The lowest BCUT2D eigenvalue weighted by atomic mass is 9.78. The van der Waals surface area contributed by atoms with Crippen LogP contribution in [0.4, 0.5) is 11.4 Å². The lowest BCUT2D eigenvalue weighted by Gasteiger charge is -2.38. The molecule has 5 aromatic rings. The summed E-state index contributed by atoms with van der Waals surface area (Å²) in [6.45, 7) is 0. The summed E-state index contributed by atoms with van der Waals surface area (Å²) in [5.41, 5.74) is 9.50. The van der Waals surface area contributed by atoms with E-state index in [1.807, 2.05) is 6.07 Å². The Hall–Kier alpha value is -5.35. The summed E-state index contributed by atoms with van der Waals surface area (Å²) in [5.74, 6) is 2.39. The molecule has 4 heteroatoms. The quantitative estimate of drug-likeness (QED) is 0.220. The van der Waals surface area contributed by atoms with Gasteiger partial charge < -0.3 is 15.0 Å². The normalized spacial score (nSPS) is 24.2. The summed E-state index contributed by atoms with van der Waals surface area (Å²) in [6, 6.07) is 47.3. The topological polar surface area (TPSA) is 36.9 Å². The smallest absolute Gasteiger partial charge is 0.133 e. The average Bonchev–Trinajstić information content (AvgIpc) is 3.65. The third-order valence-electron chi connectivity index (χ3n) is 9.45. The van der Waals surface area contributed by atoms with Crippen LogP contribution in [0.3, 0.4) is 0 Å². The maximum absolute atomic E-state index is 6.75. The minimum absolute atomic E-state index is 0.0322. The molecule has 0 fully saturated rings. The van der Waals surface area contributed by atoms with Crippen LogP contribution in [0.2, 0.25) is 0 Å². The zero-order chi connectivity index (χ0) is 29.0. The second-order valence-corrected chi connectivity index (χ2v) is 11.9. The molecule has 0 spiro atoms. The monoisotopic (exact) mass is 569 g/mol. The van der Waals surface area contributed by atoms with Crippen LogP contribution in [0.5, 0.6) is 5.75 Å². The van der Waals surface area contributed by atoms with E-state index in [9.17, 15) is 0 Å². The SMILES string of the molecule is C1=CC2c3ccccc3N(c3cccc(C4=CC(c5ccccc5)N=C(c5ccccc5)N4)c3)C2C2Oc3ccccc3C12. The van der Waals surface area contributed by atoms with Gasteiger partial charge in [0.1, 0.15) is 17.7 Å². The molecule has 5 atom stereocenters. The van der Waals surface area contributed by atoms with Gasteiger partial charge in [0, 0.05) is 40.0 Å². The highest BCUT2D eigenvalue weighted by Gasteiger charge is 2.51. The fourth-order valence-corrected chi connectivity index (χ4v) is 7.46. The second-order valence-electron chi connectivity index (χ2n) is 11.9. The van der Waals surface area contributed by atoms with Gasteiger partial charge >= 0.3 is 0 Å². The third-order valence-corrected chi connectivity index (χ3v) is 9.45. The van der Waals surface area contributed by atoms with Gasteiger partial charge in [-0.25, -0.2) is 0 Å². The van der Waals surface area contributed by atoms with E-state index in [0.29, 0.717) is 0 Å². The second kappa shape index (κ2) is 10.1. The average molecular weight is 570 g/mol. The molecule has 4 aliphatic rings. The minimum atomic E-state index is -0.0853. The molecule has 44 heavy (non-hydrogen) atoms. The van der Waals surface area contributed by atoms with Crippen LogP contribution < -0.4 is 15.0 Å². The summed E-state index contributed by atoms with van der Waals surface area (Å²) in [6.07, 6.45) is 7.07. The maximum atomic E-state index is 6.75. The first-order valence-electron chi connectivity index (χ1n) is 15.4.